The standard InChI is InChI=1S/C13H24N2O2S/c1-9(2)17-6-5-15(4)12(16)13(11(14)18)7-10(3)8-13/h9-10H,5-8H2,1-4H3,(H2,14,18). The average molecular weight is 272 g/mol. The molecule has 1 rings (SSSR count). The van der Waals surface area contributed by atoms with Gasteiger partial charge in [-0.2, -0.15) is 0 Å². The van der Waals surface area contributed by atoms with Gasteiger partial charge in [0.05, 0.1) is 23.1 Å². The second-order valence-corrected chi connectivity index (χ2v) is 6.05. The van der Waals surface area contributed by atoms with Gasteiger partial charge < -0.3 is 15.4 Å². The van der Waals surface area contributed by atoms with Crippen molar-refractivity contribution in [3.8, 4) is 0 Å². The van der Waals surface area contributed by atoms with Gasteiger partial charge in [-0.05, 0) is 32.6 Å². The summed E-state index contributed by atoms with van der Waals surface area (Å²) >= 11 is 5.08. The van der Waals surface area contributed by atoms with Gasteiger partial charge in [0.1, 0.15) is 0 Å². The number of likely N-dealkylation sites (N-methyl/N-ethyl adjacent to an activating group) is 1. The summed E-state index contributed by atoms with van der Waals surface area (Å²) in [5, 5.41) is 0. The van der Waals surface area contributed by atoms with Crippen molar-refractivity contribution in [1.29, 1.82) is 0 Å². The lowest BCUT2D eigenvalue weighted by Gasteiger charge is -2.46. The van der Waals surface area contributed by atoms with Gasteiger partial charge in [0, 0.05) is 13.6 Å². The molecule has 0 aromatic heterocycles. The van der Waals surface area contributed by atoms with Crippen LogP contribution < -0.4 is 5.73 Å². The SMILES string of the molecule is CC1CC(C(=O)N(C)CCOC(C)C)(C(N)=S)C1. The molecule has 1 fully saturated rings. The summed E-state index contributed by atoms with van der Waals surface area (Å²) in [5.41, 5.74) is 5.17. The number of carbonyl (C=O) groups excluding carboxylic acids is 1. The van der Waals surface area contributed by atoms with E-state index in [1.54, 1.807) is 11.9 Å². The number of carbonyl (C=O) groups is 1. The third-order valence-corrected chi connectivity index (χ3v) is 3.89. The number of hydrogen-bond donors (Lipinski definition) is 1. The van der Waals surface area contributed by atoms with E-state index in [1.807, 2.05) is 13.8 Å². The predicted molar refractivity (Wildman–Crippen MR) is 76.3 cm³/mol. The van der Waals surface area contributed by atoms with Gasteiger partial charge in [-0.25, -0.2) is 0 Å². The number of amides is 1. The van der Waals surface area contributed by atoms with E-state index in [0.717, 1.165) is 12.8 Å². The van der Waals surface area contributed by atoms with Gasteiger partial charge >= 0.3 is 0 Å². The highest BCUT2D eigenvalue weighted by molar-refractivity contribution is 7.80. The summed E-state index contributed by atoms with van der Waals surface area (Å²) in [7, 11) is 1.79. The number of ether oxygens (including phenoxy) is 1. The third-order valence-electron chi connectivity index (χ3n) is 3.50. The first-order chi connectivity index (χ1) is 8.29. The van der Waals surface area contributed by atoms with E-state index >= 15 is 0 Å². The van der Waals surface area contributed by atoms with Crippen molar-refractivity contribution in [3.05, 3.63) is 0 Å². The number of nitrogens with zero attached hydrogens (tertiary/aromatic N) is 1. The predicted octanol–water partition coefficient (Wildman–Crippen LogP) is 1.57. The van der Waals surface area contributed by atoms with Crippen molar-refractivity contribution in [3.63, 3.8) is 0 Å². The molecule has 0 heterocycles. The molecule has 0 atom stereocenters. The summed E-state index contributed by atoms with van der Waals surface area (Å²) in [4.78, 5) is 14.4. The van der Waals surface area contributed by atoms with Crippen LogP contribution in [0.2, 0.25) is 0 Å². The topological polar surface area (TPSA) is 55.6 Å². The Bertz CT molecular complexity index is 325. The third kappa shape index (κ3) is 3.20. The van der Waals surface area contributed by atoms with Crippen molar-refractivity contribution in [1.82, 2.24) is 4.90 Å². The van der Waals surface area contributed by atoms with Gasteiger partial charge in [-0.1, -0.05) is 19.1 Å². The van der Waals surface area contributed by atoms with Crippen LogP contribution in [0, 0.1) is 11.3 Å². The Morgan fingerprint density at radius 1 is 1.56 bits per heavy atom. The minimum absolute atomic E-state index is 0.0421. The van der Waals surface area contributed by atoms with E-state index in [1.165, 1.54) is 0 Å². The van der Waals surface area contributed by atoms with Gasteiger partial charge in [-0.3, -0.25) is 4.79 Å². The number of nitrogens with two attached hydrogens (primary N) is 1. The molecule has 0 aliphatic heterocycles. The Kier molecular flexibility index (Phi) is 5.10. The zero-order valence-electron chi connectivity index (χ0n) is 11.7. The van der Waals surface area contributed by atoms with Gasteiger partial charge in [0.15, 0.2) is 0 Å². The number of thiocarbonyl (C=S) groups is 1. The summed E-state index contributed by atoms with van der Waals surface area (Å²) in [6.07, 6.45) is 1.73. The fourth-order valence-electron chi connectivity index (χ4n) is 2.50. The molecule has 2 N–H and O–H groups in total. The fourth-order valence-corrected chi connectivity index (χ4v) is 2.76. The number of rotatable bonds is 6. The molecular weight excluding hydrogens is 248 g/mol. The molecule has 18 heavy (non-hydrogen) atoms. The van der Waals surface area contributed by atoms with Gasteiger partial charge in [0.2, 0.25) is 5.91 Å². The van der Waals surface area contributed by atoms with Crippen molar-refractivity contribution in [2.24, 2.45) is 17.1 Å². The van der Waals surface area contributed by atoms with Gasteiger partial charge in [-0.15, -0.1) is 0 Å². The molecule has 0 bridgehead atoms. The van der Waals surface area contributed by atoms with Crippen LogP contribution in [0.25, 0.3) is 0 Å². The Morgan fingerprint density at radius 2 is 2.11 bits per heavy atom. The van der Waals surface area contributed by atoms with Crippen molar-refractivity contribution >= 4 is 23.1 Å². The minimum atomic E-state index is -0.596. The Balaban J connectivity index is 2.54. The lowest BCUT2D eigenvalue weighted by molar-refractivity contribution is -0.143. The summed E-state index contributed by atoms with van der Waals surface area (Å²) in [5.74, 6) is 0.566. The van der Waals surface area contributed by atoms with Crippen LogP contribution >= 0.6 is 12.2 Å². The normalized spacial score (nSPS) is 26.8. The number of hydrogen-bond acceptors (Lipinski definition) is 3. The molecule has 5 heteroatoms. The van der Waals surface area contributed by atoms with E-state index in [9.17, 15) is 4.79 Å². The molecule has 0 aromatic carbocycles. The van der Waals surface area contributed by atoms with Crippen LogP contribution in [-0.4, -0.2) is 42.1 Å². The van der Waals surface area contributed by atoms with E-state index < -0.39 is 5.41 Å². The molecule has 1 saturated carbocycles. The molecule has 1 aliphatic rings. The summed E-state index contributed by atoms with van der Waals surface area (Å²) in [6.45, 7) is 7.20. The highest BCUT2D eigenvalue weighted by Crippen LogP contribution is 2.46. The van der Waals surface area contributed by atoms with Gasteiger partial charge in [0.25, 0.3) is 0 Å². The molecule has 0 unspecified atom stereocenters. The van der Waals surface area contributed by atoms with E-state index in [-0.39, 0.29) is 12.0 Å². The van der Waals surface area contributed by atoms with Crippen LogP contribution in [-0.2, 0) is 9.53 Å². The molecule has 0 spiro atoms. The zero-order chi connectivity index (χ0) is 13.9. The molecule has 0 aromatic rings. The summed E-state index contributed by atoms with van der Waals surface area (Å²) < 4.78 is 5.45. The van der Waals surface area contributed by atoms with E-state index in [0.29, 0.717) is 24.1 Å². The largest absolute Gasteiger partial charge is 0.392 e. The molecule has 4 nitrogen and oxygen atoms in total. The Morgan fingerprint density at radius 3 is 2.50 bits per heavy atom. The lowest BCUT2D eigenvalue weighted by atomic mass is 9.61. The maximum absolute atomic E-state index is 12.4. The maximum Gasteiger partial charge on any atom is 0.235 e. The van der Waals surface area contributed by atoms with Crippen molar-refractivity contribution in [2.75, 3.05) is 20.2 Å². The van der Waals surface area contributed by atoms with Crippen LogP contribution in [0.1, 0.15) is 33.6 Å². The van der Waals surface area contributed by atoms with E-state index in [2.05, 4.69) is 6.92 Å². The first kappa shape index (κ1) is 15.4. The highest BCUT2D eigenvalue weighted by atomic mass is 32.1. The van der Waals surface area contributed by atoms with Crippen LogP contribution in [0.5, 0.6) is 0 Å². The van der Waals surface area contributed by atoms with E-state index in [4.69, 9.17) is 22.7 Å². The highest BCUT2D eigenvalue weighted by Gasteiger charge is 2.51. The minimum Gasteiger partial charge on any atom is -0.392 e. The molecule has 1 aliphatic carbocycles. The quantitative estimate of drug-likeness (QED) is 0.746. The zero-order valence-corrected chi connectivity index (χ0v) is 12.5. The van der Waals surface area contributed by atoms with Crippen LogP contribution in [0.3, 0.4) is 0 Å². The Labute approximate surface area is 115 Å². The second kappa shape index (κ2) is 5.97. The first-order valence-corrected chi connectivity index (χ1v) is 6.87. The molecule has 0 saturated heterocycles. The average Bonchev–Trinajstić information content (AvgIpc) is 2.22. The Hall–Kier alpha value is -0.680. The monoisotopic (exact) mass is 272 g/mol. The van der Waals surface area contributed by atoms with Crippen molar-refractivity contribution in [2.45, 2.75) is 39.7 Å². The second-order valence-electron chi connectivity index (χ2n) is 5.61. The van der Waals surface area contributed by atoms with Crippen LogP contribution in [0.15, 0.2) is 0 Å². The lowest BCUT2D eigenvalue weighted by Crippen LogP contribution is -2.56. The summed E-state index contributed by atoms with van der Waals surface area (Å²) in [6, 6.07) is 0. The maximum atomic E-state index is 12.4. The molecule has 1 amide bonds. The molecule has 0 radical (unpaired) electrons. The van der Waals surface area contributed by atoms with Crippen molar-refractivity contribution < 1.29 is 9.53 Å². The molecular formula is C13H24N2O2S. The first-order valence-electron chi connectivity index (χ1n) is 6.46. The fraction of sp³-hybridized carbons (Fsp3) is 0.846. The molecule has 104 valence electrons. The van der Waals surface area contributed by atoms with Crippen LogP contribution in [0.4, 0.5) is 0 Å². The smallest absolute Gasteiger partial charge is 0.235 e.